The molecule has 3 rings (SSSR count). The van der Waals surface area contributed by atoms with Gasteiger partial charge in [0.25, 0.3) is 5.91 Å². The Morgan fingerprint density at radius 3 is 1.97 bits per heavy atom. The summed E-state index contributed by atoms with van der Waals surface area (Å²) in [6, 6.07) is 26.7. The van der Waals surface area contributed by atoms with Gasteiger partial charge in [-0.15, -0.1) is 11.8 Å². The van der Waals surface area contributed by atoms with Crippen molar-refractivity contribution in [1.29, 1.82) is 0 Å². The molecule has 0 heterocycles. The van der Waals surface area contributed by atoms with Crippen LogP contribution in [0.2, 0.25) is 0 Å². The van der Waals surface area contributed by atoms with Crippen LogP contribution in [-0.4, -0.2) is 29.8 Å². The van der Waals surface area contributed by atoms with Crippen LogP contribution in [0, 0.1) is 0 Å². The van der Waals surface area contributed by atoms with Gasteiger partial charge in [0.15, 0.2) is 0 Å². The highest BCUT2D eigenvalue weighted by atomic mass is 32.2. The number of rotatable bonds is 8. The normalized spacial score (nSPS) is 11.5. The molecule has 30 heavy (non-hydrogen) atoms. The molecular formula is C25H26N2O2S. The number of carbonyl (C=O) groups is 2. The lowest BCUT2D eigenvalue weighted by Crippen LogP contribution is -2.30. The van der Waals surface area contributed by atoms with Gasteiger partial charge < -0.3 is 10.2 Å². The number of anilines is 1. The first-order valence-electron chi connectivity index (χ1n) is 10.1. The van der Waals surface area contributed by atoms with E-state index in [4.69, 9.17) is 0 Å². The number of thioether (sulfide) groups is 1. The number of carbonyl (C=O) groups excluding carboxylic acids is 2. The number of nitrogens with zero attached hydrogens (tertiary/aromatic N) is 1. The summed E-state index contributed by atoms with van der Waals surface area (Å²) >= 11 is 1.51. The second-order valence-corrected chi connectivity index (χ2v) is 7.94. The molecule has 5 heteroatoms. The highest BCUT2D eigenvalue weighted by Gasteiger charge is 2.22. The van der Waals surface area contributed by atoms with Crippen molar-refractivity contribution in [1.82, 2.24) is 4.90 Å². The van der Waals surface area contributed by atoms with Gasteiger partial charge in [-0.05, 0) is 55.8 Å². The predicted octanol–water partition coefficient (Wildman–Crippen LogP) is 5.64. The topological polar surface area (TPSA) is 49.4 Å². The van der Waals surface area contributed by atoms with Crippen molar-refractivity contribution in [2.45, 2.75) is 24.0 Å². The van der Waals surface area contributed by atoms with Crippen molar-refractivity contribution in [3.05, 3.63) is 96.1 Å². The van der Waals surface area contributed by atoms with Crippen LogP contribution >= 0.6 is 11.8 Å². The molecule has 1 N–H and O–H groups in total. The Morgan fingerprint density at radius 1 is 0.833 bits per heavy atom. The van der Waals surface area contributed by atoms with Gasteiger partial charge in [-0.25, -0.2) is 0 Å². The summed E-state index contributed by atoms with van der Waals surface area (Å²) < 4.78 is 0. The summed E-state index contributed by atoms with van der Waals surface area (Å²) in [6.45, 7) is 5.26. The quantitative estimate of drug-likeness (QED) is 0.482. The van der Waals surface area contributed by atoms with Crippen molar-refractivity contribution in [3.63, 3.8) is 0 Å². The number of hydrogen-bond donors (Lipinski definition) is 1. The van der Waals surface area contributed by atoms with Crippen LogP contribution in [0.1, 0.15) is 35.0 Å². The van der Waals surface area contributed by atoms with Crippen LogP contribution in [-0.2, 0) is 4.79 Å². The third-order valence-electron chi connectivity index (χ3n) is 4.79. The Labute approximate surface area is 182 Å². The first kappa shape index (κ1) is 21.7. The van der Waals surface area contributed by atoms with Gasteiger partial charge in [0.1, 0.15) is 5.25 Å². The third kappa shape index (κ3) is 5.51. The third-order valence-corrected chi connectivity index (χ3v) is 6.05. The fourth-order valence-electron chi connectivity index (χ4n) is 3.13. The van der Waals surface area contributed by atoms with Gasteiger partial charge in [0.05, 0.1) is 0 Å². The Hall–Kier alpha value is -3.05. The summed E-state index contributed by atoms with van der Waals surface area (Å²) in [5, 5.41) is 2.62. The van der Waals surface area contributed by atoms with Crippen LogP contribution in [0.3, 0.4) is 0 Å². The lowest BCUT2D eigenvalue weighted by Gasteiger charge is -2.19. The molecule has 0 bridgehead atoms. The first-order valence-corrected chi connectivity index (χ1v) is 11.0. The van der Waals surface area contributed by atoms with Crippen molar-refractivity contribution >= 4 is 29.3 Å². The van der Waals surface area contributed by atoms with Gasteiger partial charge in [-0.1, -0.05) is 48.5 Å². The van der Waals surface area contributed by atoms with Gasteiger partial charge in [-0.2, -0.15) is 0 Å². The Bertz CT molecular complexity index is 955. The van der Waals surface area contributed by atoms with E-state index in [-0.39, 0.29) is 17.1 Å². The van der Waals surface area contributed by atoms with E-state index in [1.54, 1.807) is 29.2 Å². The Balaban J connectivity index is 1.76. The van der Waals surface area contributed by atoms with Crippen LogP contribution in [0.4, 0.5) is 5.69 Å². The van der Waals surface area contributed by atoms with E-state index in [2.05, 4.69) is 5.32 Å². The molecule has 4 nitrogen and oxygen atoms in total. The van der Waals surface area contributed by atoms with Gasteiger partial charge >= 0.3 is 0 Å². The lowest BCUT2D eigenvalue weighted by atomic mass is 10.1. The summed E-state index contributed by atoms with van der Waals surface area (Å²) in [5.74, 6) is -0.0995. The predicted molar refractivity (Wildman–Crippen MR) is 124 cm³/mol. The van der Waals surface area contributed by atoms with Gasteiger partial charge in [-0.3, -0.25) is 9.59 Å². The smallest absolute Gasteiger partial charge is 0.253 e. The summed E-state index contributed by atoms with van der Waals surface area (Å²) in [4.78, 5) is 28.4. The van der Waals surface area contributed by atoms with Crippen LogP contribution in [0.25, 0.3) is 0 Å². The maximum absolute atomic E-state index is 13.1. The summed E-state index contributed by atoms with van der Waals surface area (Å²) in [6.07, 6.45) is 0. The highest BCUT2D eigenvalue weighted by Crippen LogP contribution is 2.36. The molecule has 0 aliphatic carbocycles. The van der Waals surface area contributed by atoms with Crippen molar-refractivity contribution in [3.8, 4) is 0 Å². The Morgan fingerprint density at radius 2 is 1.40 bits per heavy atom. The van der Waals surface area contributed by atoms with Crippen LogP contribution in [0.15, 0.2) is 89.8 Å². The van der Waals surface area contributed by atoms with Crippen molar-refractivity contribution < 1.29 is 9.59 Å². The maximum atomic E-state index is 13.1. The zero-order valence-electron chi connectivity index (χ0n) is 17.2. The standard InChI is InChI=1S/C25H26N2O2S/c1-3-27(4-2)25(29)20-15-17-21(18-16-20)26-24(28)23(19-11-7-5-8-12-19)30-22-13-9-6-10-14-22/h5-18,23H,3-4H2,1-2H3,(H,26,28)/t23-/m1/s1. The molecule has 0 aromatic heterocycles. The average Bonchev–Trinajstić information content (AvgIpc) is 2.80. The van der Waals surface area contributed by atoms with Crippen LogP contribution < -0.4 is 5.32 Å². The second-order valence-electron chi connectivity index (χ2n) is 6.77. The fourth-order valence-corrected chi connectivity index (χ4v) is 4.18. The van der Waals surface area contributed by atoms with E-state index in [0.29, 0.717) is 24.3 Å². The zero-order valence-corrected chi connectivity index (χ0v) is 18.1. The molecule has 0 saturated heterocycles. The number of nitrogens with one attached hydrogen (secondary N) is 1. The minimum atomic E-state index is -0.384. The van der Waals surface area contributed by atoms with Gasteiger partial charge in [0.2, 0.25) is 5.91 Å². The molecule has 154 valence electrons. The lowest BCUT2D eigenvalue weighted by molar-refractivity contribution is -0.115. The molecule has 0 unspecified atom stereocenters. The Kier molecular flexibility index (Phi) is 7.69. The minimum absolute atomic E-state index is 0.000304. The summed E-state index contributed by atoms with van der Waals surface area (Å²) in [5.41, 5.74) is 2.23. The fraction of sp³-hybridized carbons (Fsp3) is 0.200. The molecule has 0 aliphatic heterocycles. The maximum Gasteiger partial charge on any atom is 0.253 e. The number of hydrogen-bond acceptors (Lipinski definition) is 3. The summed E-state index contributed by atoms with van der Waals surface area (Å²) in [7, 11) is 0. The van der Waals surface area contributed by atoms with E-state index < -0.39 is 0 Å². The van der Waals surface area contributed by atoms with E-state index in [1.807, 2.05) is 74.5 Å². The van der Waals surface area contributed by atoms with Crippen molar-refractivity contribution in [2.75, 3.05) is 18.4 Å². The van der Waals surface area contributed by atoms with E-state index in [0.717, 1.165) is 10.5 Å². The SMILES string of the molecule is CCN(CC)C(=O)c1ccc(NC(=O)[C@H](Sc2ccccc2)c2ccccc2)cc1. The number of benzene rings is 3. The first-order chi connectivity index (χ1) is 14.6. The van der Waals surface area contributed by atoms with E-state index in [1.165, 1.54) is 11.8 Å². The highest BCUT2D eigenvalue weighted by molar-refractivity contribution is 8.00. The minimum Gasteiger partial charge on any atom is -0.339 e. The number of amides is 2. The molecule has 0 fully saturated rings. The van der Waals surface area contributed by atoms with E-state index in [9.17, 15) is 9.59 Å². The van der Waals surface area contributed by atoms with E-state index >= 15 is 0 Å². The molecule has 0 spiro atoms. The average molecular weight is 419 g/mol. The largest absolute Gasteiger partial charge is 0.339 e. The molecule has 1 atom stereocenters. The molecule has 2 amide bonds. The van der Waals surface area contributed by atoms with Gasteiger partial charge in [0, 0.05) is 29.2 Å². The van der Waals surface area contributed by atoms with Crippen molar-refractivity contribution in [2.24, 2.45) is 0 Å². The molecular weight excluding hydrogens is 392 g/mol. The zero-order chi connectivity index (χ0) is 21.3. The molecule has 0 aliphatic rings. The molecule has 3 aromatic rings. The monoisotopic (exact) mass is 418 g/mol. The molecule has 0 saturated carbocycles. The van der Waals surface area contributed by atoms with Crippen LogP contribution in [0.5, 0.6) is 0 Å². The molecule has 0 radical (unpaired) electrons. The second kappa shape index (κ2) is 10.6. The molecule has 3 aromatic carbocycles.